The third-order valence-electron chi connectivity index (χ3n) is 7.05. The van der Waals surface area contributed by atoms with Crippen LogP contribution in [0.2, 0.25) is 5.02 Å². The average molecular weight is 506 g/mol. The summed E-state index contributed by atoms with van der Waals surface area (Å²) in [7, 11) is 0. The molecule has 5 nitrogen and oxygen atoms in total. The largest absolute Gasteiger partial charge is 0.325 e. The number of thioether (sulfide) groups is 1. The minimum absolute atomic E-state index is 0.00640. The number of allylic oxidation sites excluding steroid dienone is 1. The predicted octanol–water partition coefficient (Wildman–Crippen LogP) is 6.24. The molecule has 0 saturated heterocycles. The van der Waals surface area contributed by atoms with Crippen molar-refractivity contribution in [3.05, 3.63) is 87.7 Å². The molecule has 180 valence electrons. The van der Waals surface area contributed by atoms with E-state index in [0.717, 1.165) is 48.9 Å². The van der Waals surface area contributed by atoms with Crippen LogP contribution in [0.5, 0.6) is 0 Å². The summed E-state index contributed by atoms with van der Waals surface area (Å²) in [4.78, 5) is 31.7. The Morgan fingerprint density at radius 2 is 1.89 bits per heavy atom. The van der Waals surface area contributed by atoms with Crippen LogP contribution >= 0.6 is 23.4 Å². The van der Waals surface area contributed by atoms with Gasteiger partial charge in [0, 0.05) is 28.2 Å². The highest BCUT2D eigenvalue weighted by Crippen LogP contribution is 2.48. The molecule has 1 spiro atoms. The molecule has 1 fully saturated rings. The van der Waals surface area contributed by atoms with Gasteiger partial charge < -0.3 is 5.32 Å². The first-order valence-electron chi connectivity index (χ1n) is 12.0. The zero-order chi connectivity index (χ0) is 24.4. The Labute approximate surface area is 214 Å². The molecule has 35 heavy (non-hydrogen) atoms. The summed E-state index contributed by atoms with van der Waals surface area (Å²) in [5.74, 6) is -0.0313. The lowest BCUT2D eigenvalue weighted by molar-refractivity contribution is -0.113. The van der Waals surface area contributed by atoms with Crippen LogP contribution < -0.4 is 10.9 Å². The molecule has 5 rings (SSSR count). The molecule has 1 aromatic heterocycles. The van der Waals surface area contributed by atoms with E-state index >= 15 is 0 Å². The van der Waals surface area contributed by atoms with Crippen LogP contribution in [0.1, 0.15) is 43.2 Å². The highest BCUT2D eigenvalue weighted by atomic mass is 35.5. The normalized spacial score (nSPS) is 15.8. The van der Waals surface area contributed by atoms with Crippen LogP contribution in [0.4, 0.5) is 5.69 Å². The van der Waals surface area contributed by atoms with Crippen molar-refractivity contribution in [2.45, 2.75) is 55.6 Å². The summed E-state index contributed by atoms with van der Waals surface area (Å²) in [5.41, 5.74) is 4.46. The Bertz CT molecular complexity index is 1330. The number of amides is 1. The van der Waals surface area contributed by atoms with Crippen LogP contribution in [0.3, 0.4) is 0 Å². The minimum Gasteiger partial charge on any atom is -0.325 e. The standard InChI is InChI=1S/C28H28ClN3O2S/c1-2-16-32-26(34)24-25(22-9-5-4-8-19(22)17-28(24)14-6-3-7-15-28)31-27(32)35-18-23(33)30-21-12-10-20(29)11-13-21/h2,4-5,8-13H,1,3,6-7,14-18H2,(H,30,33). The number of nitrogens with one attached hydrogen (secondary N) is 1. The van der Waals surface area contributed by atoms with Crippen molar-refractivity contribution in [3.63, 3.8) is 0 Å². The van der Waals surface area contributed by atoms with Crippen molar-refractivity contribution >= 4 is 35.0 Å². The Kier molecular flexibility index (Phi) is 6.85. The topological polar surface area (TPSA) is 64.0 Å². The molecule has 3 aromatic rings. The number of nitrogens with zero attached hydrogens (tertiary/aromatic N) is 2. The molecule has 1 heterocycles. The third-order valence-corrected chi connectivity index (χ3v) is 8.28. The average Bonchev–Trinajstić information content (AvgIpc) is 2.86. The van der Waals surface area contributed by atoms with Gasteiger partial charge in [0.1, 0.15) is 0 Å². The fourth-order valence-electron chi connectivity index (χ4n) is 5.48. The molecule has 1 N–H and O–H groups in total. The monoisotopic (exact) mass is 505 g/mol. The summed E-state index contributed by atoms with van der Waals surface area (Å²) in [6.45, 7) is 4.22. The molecule has 1 saturated carbocycles. The number of carbonyl (C=O) groups excluding carboxylic acids is 1. The van der Waals surface area contributed by atoms with E-state index in [0.29, 0.717) is 22.4 Å². The lowest BCUT2D eigenvalue weighted by atomic mass is 9.62. The molecule has 2 aliphatic rings. The molecule has 0 bridgehead atoms. The number of aromatic nitrogens is 2. The molecule has 0 atom stereocenters. The van der Waals surface area contributed by atoms with E-state index in [4.69, 9.17) is 16.6 Å². The number of fused-ring (bicyclic) bond motifs is 4. The molecule has 2 aromatic carbocycles. The molecular weight excluding hydrogens is 478 g/mol. The van der Waals surface area contributed by atoms with Crippen LogP contribution in [0.15, 0.2) is 71.1 Å². The highest BCUT2D eigenvalue weighted by molar-refractivity contribution is 7.99. The van der Waals surface area contributed by atoms with Gasteiger partial charge in [-0.3, -0.25) is 14.2 Å². The summed E-state index contributed by atoms with van der Waals surface area (Å²) in [6, 6.07) is 15.3. The Morgan fingerprint density at radius 3 is 2.63 bits per heavy atom. The number of halogens is 1. The second kappa shape index (κ2) is 10.0. The smallest absolute Gasteiger partial charge is 0.258 e. The summed E-state index contributed by atoms with van der Waals surface area (Å²) in [6.07, 6.45) is 8.09. The third kappa shape index (κ3) is 4.69. The van der Waals surface area contributed by atoms with Crippen molar-refractivity contribution in [3.8, 4) is 11.3 Å². The molecule has 2 aliphatic carbocycles. The molecule has 0 aliphatic heterocycles. The number of hydrogen-bond acceptors (Lipinski definition) is 4. The Hall–Kier alpha value is -2.83. The van der Waals surface area contributed by atoms with Gasteiger partial charge >= 0.3 is 0 Å². The fourth-order valence-corrected chi connectivity index (χ4v) is 6.41. The van der Waals surface area contributed by atoms with Gasteiger partial charge in [-0.2, -0.15) is 0 Å². The number of rotatable bonds is 6. The first kappa shape index (κ1) is 23.9. The highest BCUT2D eigenvalue weighted by Gasteiger charge is 2.43. The first-order valence-corrected chi connectivity index (χ1v) is 13.4. The maximum absolute atomic E-state index is 14.0. The van der Waals surface area contributed by atoms with Crippen molar-refractivity contribution < 1.29 is 4.79 Å². The SMILES string of the molecule is C=CCn1c(SCC(=O)Nc2ccc(Cl)cc2)nc2c(c1=O)C1(CCCCC1)Cc1ccccc1-2. The van der Waals surface area contributed by atoms with Gasteiger partial charge in [0.05, 0.1) is 17.0 Å². The van der Waals surface area contributed by atoms with Gasteiger partial charge in [-0.25, -0.2) is 4.98 Å². The van der Waals surface area contributed by atoms with Crippen LogP contribution in [-0.4, -0.2) is 21.2 Å². The molecule has 0 radical (unpaired) electrons. The van der Waals surface area contributed by atoms with Crippen molar-refractivity contribution in [2.75, 3.05) is 11.1 Å². The Balaban J connectivity index is 1.52. The maximum Gasteiger partial charge on any atom is 0.258 e. The van der Waals surface area contributed by atoms with E-state index in [9.17, 15) is 9.59 Å². The maximum atomic E-state index is 14.0. The summed E-state index contributed by atoms with van der Waals surface area (Å²) < 4.78 is 1.69. The molecule has 1 amide bonds. The minimum atomic E-state index is -0.168. The second-order valence-corrected chi connectivity index (χ2v) is 10.7. The van der Waals surface area contributed by atoms with E-state index in [-0.39, 0.29) is 22.6 Å². The van der Waals surface area contributed by atoms with Crippen molar-refractivity contribution in [1.82, 2.24) is 9.55 Å². The van der Waals surface area contributed by atoms with Gasteiger partial charge in [0.15, 0.2) is 5.16 Å². The summed E-state index contributed by atoms with van der Waals surface area (Å²) >= 11 is 7.21. The zero-order valence-electron chi connectivity index (χ0n) is 19.6. The van der Waals surface area contributed by atoms with Crippen LogP contribution in [0.25, 0.3) is 11.3 Å². The van der Waals surface area contributed by atoms with Gasteiger partial charge in [0.25, 0.3) is 5.56 Å². The van der Waals surface area contributed by atoms with Crippen molar-refractivity contribution in [2.24, 2.45) is 0 Å². The zero-order valence-corrected chi connectivity index (χ0v) is 21.1. The number of anilines is 1. The first-order chi connectivity index (χ1) is 17.0. The van der Waals surface area contributed by atoms with Gasteiger partial charge in [-0.05, 0) is 49.1 Å². The van der Waals surface area contributed by atoms with E-state index in [1.807, 2.05) is 6.07 Å². The lowest BCUT2D eigenvalue weighted by Gasteiger charge is -2.42. The lowest BCUT2D eigenvalue weighted by Crippen LogP contribution is -2.43. The molecule has 7 heteroatoms. The second-order valence-electron chi connectivity index (χ2n) is 9.34. The number of hydrogen-bond donors (Lipinski definition) is 1. The van der Waals surface area contributed by atoms with E-state index < -0.39 is 0 Å². The molecule has 0 unspecified atom stereocenters. The van der Waals surface area contributed by atoms with Crippen molar-refractivity contribution in [1.29, 1.82) is 0 Å². The molecular formula is C28H28ClN3O2S. The van der Waals surface area contributed by atoms with Crippen LogP contribution in [-0.2, 0) is 23.2 Å². The predicted molar refractivity (Wildman–Crippen MR) is 143 cm³/mol. The number of benzene rings is 2. The van der Waals surface area contributed by atoms with Gasteiger partial charge in [-0.1, -0.05) is 73.0 Å². The quantitative estimate of drug-likeness (QED) is 0.245. The Morgan fingerprint density at radius 1 is 1.14 bits per heavy atom. The van der Waals surface area contributed by atoms with E-state index in [1.165, 1.54) is 23.7 Å². The number of carbonyl (C=O) groups is 1. The summed E-state index contributed by atoms with van der Waals surface area (Å²) in [5, 5.41) is 4.03. The van der Waals surface area contributed by atoms with E-state index in [2.05, 4.69) is 30.1 Å². The van der Waals surface area contributed by atoms with Gasteiger partial charge in [0.2, 0.25) is 5.91 Å². The van der Waals surface area contributed by atoms with E-state index in [1.54, 1.807) is 34.9 Å². The fraction of sp³-hybridized carbons (Fsp3) is 0.321. The van der Waals surface area contributed by atoms with Gasteiger partial charge in [-0.15, -0.1) is 6.58 Å². The van der Waals surface area contributed by atoms with Crippen LogP contribution in [0, 0.1) is 0 Å².